The number of aryl methyl sites for hydroxylation is 1. The molecule has 1 aliphatic rings. The van der Waals surface area contributed by atoms with Crippen LogP contribution in [0.25, 0.3) is 0 Å². The number of carbonyl (C=O) groups is 1. The summed E-state index contributed by atoms with van der Waals surface area (Å²) >= 11 is 0. The lowest BCUT2D eigenvalue weighted by Gasteiger charge is -2.28. The van der Waals surface area contributed by atoms with Gasteiger partial charge in [0.25, 0.3) is 0 Å². The van der Waals surface area contributed by atoms with Gasteiger partial charge in [-0.15, -0.1) is 0 Å². The van der Waals surface area contributed by atoms with E-state index in [2.05, 4.69) is 20.2 Å². The lowest BCUT2D eigenvalue weighted by atomic mass is 10.2. The fraction of sp³-hybridized carbons (Fsp3) is 0.688. The Bertz CT molecular complexity index is 537. The van der Waals surface area contributed by atoms with Gasteiger partial charge in [0, 0.05) is 37.8 Å². The minimum atomic E-state index is -0.493. The van der Waals surface area contributed by atoms with Crippen molar-refractivity contribution in [2.45, 2.75) is 39.7 Å². The van der Waals surface area contributed by atoms with Crippen molar-refractivity contribution in [2.24, 2.45) is 0 Å². The van der Waals surface area contributed by atoms with Gasteiger partial charge >= 0.3 is 6.09 Å². The average molecular weight is 322 g/mol. The standard InChI is InChI=1S/C16H26N4O3/c1-12-11-14(20-7-9-22-10-8-20)19-13(18-12)5-6-17-15(21)23-16(2,3)4/h11H,5-10H2,1-4H3,(H,17,21). The van der Waals surface area contributed by atoms with Crippen LogP contribution in [0.4, 0.5) is 10.6 Å². The number of hydrogen-bond acceptors (Lipinski definition) is 6. The number of morpholine rings is 1. The van der Waals surface area contributed by atoms with Crippen LogP contribution in [0.3, 0.4) is 0 Å². The quantitative estimate of drug-likeness (QED) is 0.909. The fourth-order valence-corrected chi connectivity index (χ4v) is 2.27. The second-order valence-electron chi connectivity index (χ2n) is 6.56. The Labute approximate surface area is 137 Å². The first-order valence-electron chi connectivity index (χ1n) is 7.97. The Kier molecular flexibility index (Phi) is 5.76. The SMILES string of the molecule is Cc1cc(N2CCOCC2)nc(CCNC(=O)OC(C)(C)C)n1. The molecule has 7 heteroatoms. The van der Waals surface area contributed by atoms with Crippen molar-refractivity contribution >= 4 is 11.9 Å². The van der Waals surface area contributed by atoms with E-state index in [1.807, 2.05) is 33.8 Å². The van der Waals surface area contributed by atoms with Crippen molar-refractivity contribution in [2.75, 3.05) is 37.7 Å². The summed E-state index contributed by atoms with van der Waals surface area (Å²) in [5.74, 6) is 1.65. The van der Waals surface area contributed by atoms with Gasteiger partial charge in [0.15, 0.2) is 0 Å². The number of anilines is 1. The van der Waals surface area contributed by atoms with Crippen LogP contribution in [0.2, 0.25) is 0 Å². The van der Waals surface area contributed by atoms with Crippen LogP contribution in [-0.4, -0.2) is 54.5 Å². The van der Waals surface area contributed by atoms with Gasteiger partial charge in [-0.3, -0.25) is 0 Å². The molecule has 0 atom stereocenters. The molecule has 1 fully saturated rings. The highest BCUT2D eigenvalue weighted by molar-refractivity contribution is 5.67. The maximum Gasteiger partial charge on any atom is 0.407 e. The summed E-state index contributed by atoms with van der Waals surface area (Å²) in [7, 11) is 0. The summed E-state index contributed by atoms with van der Waals surface area (Å²) in [4.78, 5) is 22.9. The zero-order valence-electron chi connectivity index (χ0n) is 14.4. The highest BCUT2D eigenvalue weighted by atomic mass is 16.6. The normalized spacial score (nSPS) is 15.4. The van der Waals surface area contributed by atoms with Crippen molar-refractivity contribution in [3.05, 3.63) is 17.6 Å². The van der Waals surface area contributed by atoms with Gasteiger partial charge in [0.05, 0.1) is 13.2 Å². The molecule has 7 nitrogen and oxygen atoms in total. The first-order valence-corrected chi connectivity index (χ1v) is 7.97. The number of rotatable bonds is 4. The third-order valence-corrected chi connectivity index (χ3v) is 3.24. The molecule has 2 heterocycles. The molecule has 1 N–H and O–H groups in total. The molecule has 0 radical (unpaired) electrons. The third kappa shape index (κ3) is 6.02. The van der Waals surface area contributed by atoms with Crippen molar-refractivity contribution in [1.29, 1.82) is 0 Å². The molecular weight excluding hydrogens is 296 g/mol. The lowest BCUT2D eigenvalue weighted by Crippen LogP contribution is -2.37. The predicted molar refractivity (Wildman–Crippen MR) is 87.7 cm³/mol. The molecule has 1 aromatic rings. The zero-order valence-corrected chi connectivity index (χ0v) is 14.4. The summed E-state index contributed by atoms with van der Waals surface area (Å²) in [5, 5.41) is 2.73. The molecule has 1 aliphatic heterocycles. The van der Waals surface area contributed by atoms with E-state index in [0.29, 0.717) is 13.0 Å². The van der Waals surface area contributed by atoms with Crippen molar-refractivity contribution in [1.82, 2.24) is 15.3 Å². The van der Waals surface area contributed by atoms with Crippen LogP contribution in [0, 0.1) is 6.92 Å². The molecule has 128 valence electrons. The van der Waals surface area contributed by atoms with Gasteiger partial charge in [-0.25, -0.2) is 14.8 Å². The van der Waals surface area contributed by atoms with E-state index in [-0.39, 0.29) is 0 Å². The van der Waals surface area contributed by atoms with E-state index in [0.717, 1.165) is 43.6 Å². The fourth-order valence-electron chi connectivity index (χ4n) is 2.27. The Morgan fingerprint density at radius 3 is 2.70 bits per heavy atom. The Morgan fingerprint density at radius 2 is 2.04 bits per heavy atom. The predicted octanol–water partition coefficient (Wildman–Crippen LogP) is 1.69. The van der Waals surface area contributed by atoms with Crippen LogP contribution in [0.5, 0.6) is 0 Å². The maximum absolute atomic E-state index is 11.6. The minimum absolute atomic E-state index is 0.418. The van der Waals surface area contributed by atoms with Crippen LogP contribution in [0.15, 0.2) is 6.07 Å². The molecule has 0 aliphatic carbocycles. The average Bonchev–Trinajstić information content (AvgIpc) is 2.46. The molecule has 0 saturated carbocycles. The van der Waals surface area contributed by atoms with E-state index in [9.17, 15) is 4.79 Å². The second-order valence-corrected chi connectivity index (χ2v) is 6.56. The Balaban J connectivity index is 1.90. The Morgan fingerprint density at radius 1 is 1.35 bits per heavy atom. The monoisotopic (exact) mass is 322 g/mol. The van der Waals surface area contributed by atoms with Crippen LogP contribution >= 0.6 is 0 Å². The van der Waals surface area contributed by atoms with Gasteiger partial charge < -0.3 is 19.7 Å². The van der Waals surface area contributed by atoms with Gasteiger partial charge in [0.1, 0.15) is 17.2 Å². The van der Waals surface area contributed by atoms with E-state index in [1.54, 1.807) is 0 Å². The number of nitrogens with one attached hydrogen (secondary N) is 1. The molecule has 2 rings (SSSR count). The number of nitrogens with zero attached hydrogens (tertiary/aromatic N) is 3. The number of carbonyl (C=O) groups excluding carboxylic acids is 1. The van der Waals surface area contributed by atoms with Crippen LogP contribution in [-0.2, 0) is 15.9 Å². The molecule has 0 bridgehead atoms. The van der Waals surface area contributed by atoms with E-state index in [4.69, 9.17) is 9.47 Å². The largest absolute Gasteiger partial charge is 0.444 e. The van der Waals surface area contributed by atoms with Crippen molar-refractivity contribution < 1.29 is 14.3 Å². The third-order valence-electron chi connectivity index (χ3n) is 3.24. The molecule has 0 spiro atoms. The lowest BCUT2D eigenvalue weighted by molar-refractivity contribution is 0.0528. The van der Waals surface area contributed by atoms with E-state index in [1.165, 1.54) is 0 Å². The number of amides is 1. The Hall–Kier alpha value is -1.89. The topological polar surface area (TPSA) is 76.6 Å². The van der Waals surface area contributed by atoms with Gasteiger partial charge in [-0.05, 0) is 27.7 Å². The molecule has 1 amide bonds. The number of hydrogen-bond donors (Lipinski definition) is 1. The first-order chi connectivity index (χ1) is 10.8. The summed E-state index contributed by atoms with van der Waals surface area (Å²) in [6, 6.07) is 1.98. The summed E-state index contributed by atoms with van der Waals surface area (Å²) < 4.78 is 10.6. The highest BCUT2D eigenvalue weighted by Gasteiger charge is 2.16. The molecule has 1 aromatic heterocycles. The van der Waals surface area contributed by atoms with Crippen molar-refractivity contribution in [3.8, 4) is 0 Å². The van der Waals surface area contributed by atoms with Gasteiger partial charge in [-0.2, -0.15) is 0 Å². The minimum Gasteiger partial charge on any atom is -0.444 e. The van der Waals surface area contributed by atoms with Gasteiger partial charge in [-0.1, -0.05) is 0 Å². The summed E-state index contributed by atoms with van der Waals surface area (Å²) in [6.45, 7) is 11.0. The first kappa shape index (κ1) is 17.5. The molecule has 0 aromatic carbocycles. The van der Waals surface area contributed by atoms with E-state index >= 15 is 0 Å². The van der Waals surface area contributed by atoms with Gasteiger partial charge in [0.2, 0.25) is 0 Å². The highest BCUT2D eigenvalue weighted by Crippen LogP contribution is 2.14. The molecular formula is C16H26N4O3. The number of alkyl carbamates (subject to hydrolysis) is 1. The number of ether oxygens (including phenoxy) is 2. The summed E-state index contributed by atoms with van der Waals surface area (Å²) in [5.41, 5.74) is 0.432. The van der Waals surface area contributed by atoms with Crippen LogP contribution in [0.1, 0.15) is 32.3 Å². The van der Waals surface area contributed by atoms with Crippen LogP contribution < -0.4 is 10.2 Å². The van der Waals surface area contributed by atoms with E-state index < -0.39 is 11.7 Å². The molecule has 1 saturated heterocycles. The molecule has 23 heavy (non-hydrogen) atoms. The number of aromatic nitrogens is 2. The van der Waals surface area contributed by atoms with Crippen molar-refractivity contribution in [3.63, 3.8) is 0 Å². The molecule has 0 unspecified atom stereocenters. The smallest absolute Gasteiger partial charge is 0.407 e. The maximum atomic E-state index is 11.6. The zero-order chi connectivity index (χ0) is 16.9. The second kappa shape index (κ2) is 7.59. The summed E-state index contributed by atoms with van der Waals surface area (Å²) in [6.07, 6.45) is 0.150.